The van der Waals surface area contributed by atoms with Crippen molar-refractivity contribution in [1.82, 2.24) is 0 Å². The molecule has 0 bridgehead atoms. The van der Waals surface area contributed by atoms with Crippen molar-refractivity contribution in [3.63, 3.8) is 0 Å². The van der Waals surface area contributed by atoms with Gasteiger partial charge >= 0.3 is 0 Å². The van der Waals surface area contributed by atoms with Gasteiger partial charge in [0.2, 0.25) is 0 Å². The molecule has 0 radical (unpaired) electrons. The molecule has 0 aliphatic heterocycles. The lowest BCUT2D eigenvalue weighted by atomic mass is 10.1. The minimum Gasteiger partial charge on any atom is -0.393 e. The molecule has 0 amide bonds. The fraction of sp³-hybridized carbons (Fsp3) is 0.889. The summed E-state index contributed by atoms with van der Waals surface area (Å²) in [6.45, 7) is 3.66. The van der Waals surface area contributed by atoms with E-state index in [-0.39, 0.29) is 11.9 Å². The summed E-state index contributed by atoms with van der Waals surface area (Å²) in [4.78, 5) is 10.5. The van der Waals surface area contributed by atoms with Crippen molar-refractivity contribution < 1.29 is 9.90 Å². The second-order valence-corrected chi connectivity index (χ2v) is 3.04. The van der Waals surface area contributed by atoms with Crippen LogP contribution in [0.1, 0.15) is 46.0 Å². The molecule has 0 heterocycles. The smallest absolute Gasteiger partial charge is 0.129 e. The first-order valence-electron chi connectivity index (χ1n) is 4.34. The van der Waals surface area contributed by atoms with Gasteiger partial charge in [-0.05, 0) is 19.8 Å². The third-order valence-corrected chi connectivity index (χ3v) is 1.72. The van der Waals surface area contributed by atoms with Crippen LogP contribution in [0.5, 0.6) is 0 Å². The molecular formula is C9H18O2. The molecule has 1 unspecified atom stereocenters. The Labute approximate surface area is 68.6 Å². The van der Waals surface area contributed by atoms with E-state index in [4.69, 9.17) is 0 Å². The van der Waals surface area contributed by atoms with Crippen molar-refractivity contribution in [1.29, 1.82) is 0 Å². The van der Waals surface area contributed by atoms with E-state index in [1.807, 2.05) is 0 Å². The number of carbonyl (C=O) groups is 1. The first-order chi connectivity index (χ1) is 5.16. The number of aliphatic hydroxyl groups is 1. The number of hydrogen-bond acceptors (Lipinski definition) is 2. The van der Waals surface area contributed by atoms with E-state index >= 15 is 0 Å². The van der Waals surface area contributed by atoms with E-state index in [1.165, 1.54) is 0 Å². The average Bonchev–Trinajstić information content (AvgIpc) is 1.97. The molecule has 0 rings (SSSR count). The maximum atomic E-state index is 10.5. The molecule has 0 aromatic carbocycles. The highest BCUT2D eigenvalue weighted by Crippen LogP contribution is 2.06. The highest BCUT2D eigenvalue weighted by molar-refractivity contribution is 5.75. The zero-order chi connectivity index (χ0) is 8.69. The van der Waals surface area contributed by atoms with Crippen LogP contribution in [0, 0.1) is 0 Å². The van der Waals surface area contributed by atoms with Crippen molar-refractivity contribution in [3.05, 3.63) is 0 Å². The molecule has 2 heteroatoms. The molecule has 0 aliphatic carbocycles. The Morgan fingerprint density at radius 2 is 2.09 bits per heavy atom. The first-order valence-corrected chi connectivity index (χ1v) is 4.34. The number of hydrogen-bond donors (Lipinski definition) is 1. The SMILES string of the molecule is CCCCC(O)CCC(C)=O. The number of carbonyl (C=O) groups excluding carboxylic acids is 1. The van der Waals surface area contributed by atoms with Crippen molar-refractivity contribution in [2.45, 2.75) is 52.1 Å². The quantitative estimate of drug-likeness (QED) is 0.641. The van der Waals surface area contributed by atoms with Gasteiger partial charge in [-0.3, -0.25) is 0 Å². The standard InChI is InChI=1S/C9H18O2/c1-3-4-5-9(11)7-6-8(2)10/h9,11H,3-7H2,1-2H3. The molecule has 0 saturated heterocycles. The summed E-state index contributed by atoms with van der Waals surface area (Å²) in [6.07, 6.45) is 3.89. The molecular weight excluding hydrogens is 140 g/mol. The monoisotopic (exact) mass is 158 g/mol. The van der Waals surface area contributed by atoms with E-state index in [2.05, 4.69) is 6.92 Å². The topological polar surface area (TPSA) is 37.3 Å². The molecule has 0 spiro atoms. The van der Waals surface area contributed by atoms with Gasteiger partial charge in [-0.25, -0.2) is 0 Å². The van der Waals surface area contributed by atoms with Gasteiger partial charge in [-0.15, -0.1) is 0 Å². The van der Waals surface area contributed by atoms with E-state index in [0.717, 1.165) is 19.3 Å². The van der Waals surface area contributed by atoms with Crippen LogP contribution in [0.2, 0.25) is 0 Å². The molecule has 1 N–H and O–H groups in total. The number of unbranched alkanes of at least 4 members (excludes halogenated alkanes) is 1. The van der Waals surface area contributed by atoms with Gasteiger partial charge in [0.1, 0.15) is 5.78 Å². The summed E-state index contributed by atoms with van der Waals surface area (Å²) < 4.78 is 0. The van der Waals surface area contributed by atoms with Crippen LogP contribution in [0.3, 0.4) is 0 Å². The number of rotatable bonds is 6. The number of aliphatic hydroxyl groups excluding tert-OH is 1. The largest absolute Gasteiger partial charge is 0.393 e. The Hall–Kier alpha value is -0.370. The van der Waals surface area contributed by atoms with Gasteiger partial charge in [-0.2, -0.15) is 0 Å². The van der Waals surface area contributed by atoms with Crippen LogP contribution >= 0.6 is 0 Å². The van der Waals surface area contributed by atoms with Crippen molar-refractivity contribution in [3.8, 4) is 0 Å². The van der Waals surface area contributed by atoms with Crippen LogP contribution < -0.4 is 0 Å². The zero-order valence-corrected chi connectivity index (χ0v) is 7.47. The fourth-order valence-corrected chi connectivity index (χ4v) is 0.954. The summed E-state index contributed by atoms with van der Waals surface area (Å²) in [7, 11) is 0. The Balaban J connectivity index is 3.22. The summed E-state index contributed by atoms with van der Waals surface area (Å²) in [5, 5.41) is 9.28. The highest BCUT2D eigenvalue weighted by Gasteiger charge is 2.03. The number of Topliss-reactive ketones (excluding diaryl/α,β-unsaturated/α-hetero) is 1. The van der Waals surface area contributed by atoms with Crippen LogP contribution in [0.4, 0.5) is 0 Å². The predicted octanol–water partition coefficient (Wildman–Crippen LogP) is 1.91. The molecule has 0 aliphatic rings. The Morgan fingerprint density at radius 3 is 2.55 bits per heavy atom. The van der Waals surface area contributed by atoms with Gasteiger partial charge in [0.15, 0.2) is 0 Å². The lowest BCUT2D eigenvalue weighted by Crippen LogP contribution is -2.07. The maximum absolute atomic E-state index is 10.5. The molecule has 11 heavy (non-hydrogen) atoms. The van der Waals surface area contributed by atoms with Crippen molar-refractivity contribution in [2.75, 3.05) is 0 Å². The molecule has 0 aromatic heterocycles. The van der Waals surface area contributed by atoms with Gasteiger partial charge in [0.05, 0.1) is 6.10 Å². The van der Waals surface area contributed by atoms with E-state index in [9.17, 15) is 9.90 Å². The minimum absolute atomic E-state index is 0.167. The number of ketones is 1. The summed E-state index contributed by atoms with van der Waals surface area (Å²) in [5.74, 6) is 0.167. The van der Waals surface area contributed by atoms with Crippen LogP contribution in [-0.4, -0.2) is 17.0 Å². The maximum Gasteiger partial charge on any atom is 0.129 e. The van der Waals surface area contributed by atoms with Gasteiger partial charge in [-0.1, -0.05) is 19.8 Å². The second-order valence-electron chi connectivity index (χ2n) is 3.04. The highest BCUT2D eigenvalue weighted by atomic mass is 16.3. The van der Waals surface area contributed by atoms with Crippen LogP contribution in [0.15, 0.2) is 0 Å². The normalized spacial score (nSPS) is 13.0. The van der Waals surface area contributed by atoms with Gasteiger partial charge < -0.3 is 9.90 Å². The van der Waals surface area contributed by atoms with E-state index in [0.29, 0.717) is 12.8 Å². The third kappa shape index (κ3) is 7.53. The van der Waals surface area contributed by atoms with E-state index < -0.39 is 0 Å². The summed E-state index contributed by atoms with van der Waals surface area (Å²) in [6, 6.07) is 0. The second kappa shape index (κ2) is 6.35. The lowest BCUT2D eigenvalue weighted by Gasteiger charge is -2.07. The predicted molar refractivity (Wildman–Crippen MR) is 45.4 cm³/mol. The molecule has 1 atom stereocenters. The average molecular weight is 158 g/mol. The molecule has 2 nitrogen and oxygen atoms in total. The molecule has 0 saturated carbocycles. The van der Waals surface area contributed by atoms with Gasteiger partial charge in [0, 0.05) is 6.42 Å². The zero-order valence-electron chi connectivity index (χ0n) is 7.47. The molecule has 66 valence electrons. The van der Waals surface area contributed by atoms with Crippen molar-refractivity contribution in [2.24, 2.45) is 0 Å². The van der Waals surface area contributed by atoms with Gasteiger partial charge in [0.25, 0.3) is 0 Å². The van der Waals surface area contributed by atoms with E-state index in [1.54, 1.807) is 6.92 Å². The molecule has 0 fully saturated rings. The van der Waals surface area contributed by atoms with Crippen molar-refractivity contribution >= 4 is 5.78 Å². The Morgan fingerprint density at radius 1 is 1.45 bits per heavy atom. The lowest BCUT2D eigenvalue weighted by molar-refractivity contribution is -0.117. The first kappa shape index (κ1) is 10.6. The third-order valence-electron chi connectivity index (χ3n) is 1.72. The summed E-state index contributed by atoms with van der Waals surface area (Å²) in [5.41, 5.74) is 0. The Kier molecular flexibility index (Phi) is 6.13. The Bertz CT molecular complexity index is 110. The minimum atomic E-state index is -0.265. The molecule has 0 aromatic rings. The fourth-order valence-electron chi connectivity index (χ4n) is 0.954. The van der Waals surface area contributed by atoms with Crippen LogP contribution in [0.25, 0.3) is 0 Å². The van der Waals surface area contributed by atoms with Crippen LogP contribution in [-0.2, 0) is 4.79 Å². The summed E-state index contributed by atoms with van der Waals surface area (Å²) >= 11 is 0.